The van der Waals surface area contributed by atoms with E-state index in [0.717, 1.165) is 57.3 Å². The molecule has 0 bridgehead atoms. The van der Waals surface area contributed by atoms with Gasteiger partial charge in [-0.25, -0.2) is 0 Å². The first kappa shape index (κ1) is 16.3. The van der Waals surface area contributed by atoms with Crippen molar-refractivity contribution in [3.05, 3.63) is 23.8 Å². The Morgan fingerprint density at radius 2 is 2.10 bits per heavy atom. The molecule has 2 rings (SSSR count). The average molecular weight is 292 g/mol. The minimum atomic E-state index is 0.623. The summed E-state index contributed by atoms with van der Waals surface area (Å²) < 4.78 is 5.49. The highest BCUT2D eigenvalue weighted by Gasteiger charge is 2.25. The first-order valence-corrected chi connectivity index (χ1v) is 8.04. The highest BCUT2D eigenvalue weighted by Crippen LogP contribution is 2.14. The molecule has 0 aromatic carbocycles. The largest absolute Gasteiger partial charge is 0.380 e. The Bertz CT molecular complexity index is 409. The van der Waals surface area contributed by atoms with Crippen molar-refractivity contribution in [2.45, 2.75) is 39.8 Å². The van der Waals surface area contributed by atoms with Gasteiger partial charge < -0.3 is 4.74 Å². The van der Waals surface area contributed by atoms with Crippen LogP contribution in [0.25, 0.3) is 0 Å². The lowest BCUT2D eigenvalue weighted by Crippen LogP contribution is -2.53. The summed E-state index contributed by atoms with van der Waals surface area (Å²) in [5, 5.41) is 0. The number of aromatic nitrogens is 2. The van der Waals surface area contributed by atoms with E-state index in [1.807, 2.05) is 19.3 Å². The van der Waals surface area contributed by atoms with E-state index in [1.54, 1.807) is 0 Å². The molecule has 1 aliphatic heterocycles. The van der Waals surface area contributed by atoms with Crippen LogP contribution in [-0.4, -0.2) is 65.2 Å². The second-order valence-corrected chi connectivity index (χ2v) is 5.68. The molecule has 0 unspecified atom stereocenters. The molecule has 1 atom stereocenters. The molecule has 0 radical (unpaired) electrons. The summed E-state index contributed by atoms with van der Waals surface area (Å²) in [5.74, 6) is 0. The van der Waals surface area contributed by atoms with Gasteiger partial charge in [-0.05, 0) is 20.3 Å². The Balaban J connectivity index is 1.83. The van der Waals surface area contributed by atoms with Crippen LogP contribution in [0.5, 0.6) is 0 Å². The zero-order chi connectivity index (χ0) is 15.1. The van der Waals surface area contributed by atoms with E-state index in [-0.39, 0.29) is 0 Å². The van der Waals surface area contributed by atoms with Crippen molar-refractivity contribution >= 4 is 0 Å². The van der Waals surface area contributed by atoms with Crippen molar-refractivity contribution in [3.63, 3.8) is 0 Å². The summed E-state index contributed by atoms with van der Waals surface area (Å²) in [4.78, 5) is 13.9. The molecule has 1 saturated heterocycles. The molecule has 5 nitrogen and oxygen atoms in total. The fourth-order valence-corrected chi connectivity index (χ4v) is 2.84. The maximum atomic E-state index is 5.49. The van der Waals surface area contributed by atoms with Crippen molar-refractivity contribution in [2.24, 2.45) is 0 Å². The predicted molar refractivity (Wildman–Crippen MR) is 84.2 cm³/mol. The van der Waals surface area contributed by atoms with Gasteiger partial charge in [0.1, 0.15) is 0 Å². The van der Waals surface area contributed by atoms with Gasteiger partial charge >= 0.3 is 0 Å². The third-order valence-electron chi connectivity index (χ3n) is 4.11. The van der Waals surface area contributed by atoms with Crippen LogP contribution in [0, 0.1) is 6.92 Å². The van der Waals surface area contributed by atoms with Crippen LogP contribution < -0.4 is 0 Å². The number of piperazine rings is 1. The maximum absolute atomic E-state index is 5.49. The Morgan fingerprint density at radius 3 is 2.76 bits per heavy atom. The van der Waals surface area contributed by atoms with Crippen LogP contribution in [-0.2, 0) is 11.3 Å². The molecule has 1 aromatic heterocycles. The lowest BCUT2D eigenvalue weighted by atomic mass is 10.1. The molecule has 118 valence electrons. The first-order chi connectivity index (χ1) is 10.2. The summed E-state index contributed by atoms with van der Waals surface area (Å²) in [7, 11) is 0. The van der Waals surface area contributed by atoms with Crippen LogP contribution in [0.1, 0.15) is 31.7 Å². The molecule has 5 heteroatoms. The number of rotatable bonds is 7. The molecule has 21 heavy (non-hydrogen) atoms. The van der Waals surface area contributed by atoms with E-state index in [2.05, 4.69) is 33.6 Å². The molecular formula is C16H28N4O. The molecule has 0 spiro atoms. The minimum absolute atomic E-state index is 0.623. The predicted octanol–water partition coefficient (Wildman–Crippen LogP) is 1.72. The van der Waals surface area contributed by atoms with Crippen molar-refractivity contribution in [1.29, 1.82) is 0 Å². The number of ether oxygens (including phenoxy) is 1. The lowest BCUT2D eigenvalue weighted by Gasteiger charge is -2.41. The third-order valence-corrected chi connectivity index (χ3v) is 4.11. The molecule has 1 fully saturated rings. The fourth-order valence-electron chi connectivity index (χ4n) is 2.84. The second kappa shape index (κ2) is 8.41. The van der Waals surface area contributed by atoms with Gasteiger partial charge in [0, 0.05) is 57.8 Å². The summed E-state index contributed by atoms with van der Waals surface area (Å²) in [6, 6.07) is 0.623. The SMILES string of the molecule is CCOCCN1CCN(Cc2cnc(C)cn2)C[C@@H]1CC. The smallest absolute Gasteiger partial charge is 0.0727 e. The normalized spacial score (nSPS) is 20.8. The van der Waals surface area contributed by atoms with Crippen LogP contribution in [0.15, 0.2) is 12.4 Å². The van der Waals surface area contributed by atoms with Gasteiger partial charge in [-0.15, -0.1) is 0 Å². The zero-order valence-corrected chi connectivity index (χ0v) is 13.6. The minimum Gasteiger partial charge on any atom is -0.380 e. The lowest BCUT2D eigenvalue weighted by molar-refractivity contribution is 0.0381. The Kier molecular flexibility index (Phi) is 6.54. The standard InChI is InChI=1S/C16H28N4O/c1-4-16-13-19(6-7-20(16)8-9-21-5-2)12-15-11-17-14(3)10-18-15/h10-11,16H,4-9,12-13H2,1-3H3/t16-/m0/s1. The van der Waals surface area contributed by atoms with E-state index >= 15 is 0 Å². The summed E-state index contributed by atoms with van der Waals surface area (Å²) in [6.07, 6.45) is 4.94. The number of hydrogen-bond donors (Lipinski definition) is 0. The van der Waals surface area contributed by atoms with Crippen LogP contribution in [0.3, 0.4) is 0 Å². The second-order valence-electron chi connectivity index (χ2n) is 5.68. The van der Waals surface area contributed by atoms with Crippen LogP contribution >= 0.6 is 0 Å². The Hall–Kier alpha value is -1.04. The van der Waals surface area contributed by atoms with Crippen LogP contribution in [0.2, 0.25) is 0 Å². The van der Waals surface area contributed by atoms with Gasteiger partial charge in [-0.2, -0.15) is 0 Å². The van der Waals surface area contributed by atoms with Crippen molar-refractivity contribution in [2.75, 3.05) is 39.4 Å². The van der Waals surface area contributed by atoms with Gasteiger partial charge in [0.05, 0.1) is 18.0 Å². The monoisotopic (exact) mass is 292 g/mol. The zero-order valence-electron chi connectivity index (χ0n) is 13.6. The Labute approximate surface area is 128 Å². The van der Waals surface area contributed by atoms with Gasteiger partial charge in [0.25, 0.3) is 0 Å². The van der Waals surface area contributed by atoms with E-state index in [9.17, 15) is 0 Å². The van der Waals surface area contributed by atoms with Crippen molar-refractivity contribution in [3.8, 4) is 0 Å². The van der Waals surface area contributed by atoms with Gasteiger partial charge in [0.2, 0.25) is 0 Å². The van der Waals surface area contributed by atoms with Crippen molar-refractivity contribution < 1.29 is 4.74 Å². The van der Waals surface area contributed by atoms with E-state index in [4.69, 9.17) is 4.74 Å². The van der Waals surface area contributed by atoms with Gasteiger partial charge in [0.15, 0.2) is 0 Å². The first-order valence-electron chi connectivity index (χ1n) is 8.04. The summed E-state index contributed by atoms with van der Waals surface area (Å²) >= 11 is 0. The average Bonchev–Trinajstić information content (AvgIpc) is 2.51. The quantitative estimate of drug-likeness (QED) is 0.716. The molecule has 0 aliphatic carbocycles. The van der Waals surface area contributed by atoms with Crippen molar-refractivity contribution in [1.82, 2.24) is 19.8 Å². The summed E-state index contributed by atoms with van der Waals surface area (Å²) in [6.45, 7) is 13.2. The highest BCUT2D eigenvalue weighted by molar-refractivity contribution is 5.01. The number of aryl methyl sites for hydroxylation is 1. The van der Waals surface area contributed by atoms with E-state index < -0.39 is 0 Å². The molecule has 1 aliphatic rings. The molecule has 2 heterocycles. The van der Waals surface area contributed by atoms with Gasteiger partial charge in [-0.1, -0.05) is 6.92 Å². The number of nitrogens with zero attached hydrogens (tertiary/aromatic N) is 4. The molecule has 1 aromatic rings. The molecule has 0 saturated carbocycles. The topological polar surface area (TPSA) is 41.5 Å². The summed E-state index contributed by atoms with van der Waals surface area (Å²) in [5.41, 5.74) is 2.05. The molecule has 0 N–H and O–H groups in total. The molecular weight excluding hydrogens is 264 g/mol. The van der Waals surface area contributed by atoms with E-state index in [1.165, 1.54) is 6.42 Å². The van der Waals surface area contributed by atoms with Gasteiger partial charge in [-0.3, -0.25) is 19.8 Å². The van der Waals surface area contributed by atoms with E-state index in [0.29, 0.717) is 6.04 Å². The Morgan fingerprint density at radius 1 is 1.24 bits per heavy atom. The third kappa shape index (κ3) is 5.02. The highest BCUT2D eigenvalue weighted by atomic mass is 16.5. The maximum Gasteiger partial charge on any atom is 0.0727 e. The fraction of sp³-hybridized carbons (Fsp3) is 0.750. The molecule has 0 amide bonds. The van der Waals surface area contributed by atoms with Crippen LogP contribution in [0.4, 0.5) is 0 Å². The number of hydrogen-bond acceptors (Lipinski definition) is 5.